The molecule has 0 heterocycles. The molecular weight excluding hydrogens is 357 g/mol. The zero-order valence-corrected chi connectivity index (χ0v) is 14.3. The van der Waals surface area contributed by atoms with E-state index in [0.29, 0.717) is 29.3 Å². The van der Waals surface area contributed by atoms with Crippen LogP contribution in [0.4, 0.5) is 3.89 Å². The Hall–Kier alpha value is -2.12. The lowest BCUT2D eigenvalue weighted by molar-refractivity contribution is 0.0951. The molecule has 8 heteroatoms. The monoisotopic (exact) mass is 371 g/mol. The summed E-state index contributed by atoms with van der Waals surface area (Å²) in [5.74, 6) is 0.0757. The highest BCUT2D eigenvalue weighted by molar-refractivity contribution is 7.86. The second-order valence-corrected chi connectivity index (χ2v) is 6.72. The van der Waals surface area contributed by atoms with Gasteiger partial charge < -0.3 is 10.1 Å². The number of halogens is 2. The molecule has 0 aliphatic carbocycles. The van der Waals surface area contributed by atoms with Crippen LogP contribution < -0.4 is 10.1 Å². The van der Waals surface area contributed by atoms with E-state index in [1.807, 2.05) is 0 Å². The zero-order chi connectivity index (χ0) is 17.7. The maximum Gasteiger partial charge on any atom is 0.332 e. The van der Waals surface area contributed by atoms with Crippen molar-refractivity contribution in [3.05, 3.63) is 58.6 Å². The molecule has 2 aromatic rings. The molecular formula is C16H15ClFNO4S. The van der Waals surface area contributed by atoms with Crippen molar-refractivity contribution in [1.82, 2.24) is 5.32 Å². The van der Waals surface area contributed by atoms with Crippen LogP contribution in [0.1, 0.15) is 15.9 Å². The molecule has 0 bridgehead atoms. The SMILES string of the molecule is COc1ccc(Cl)cc1C(=O)NCCc1ccc(S(=O)(=O)F)cc1. The molecule has 0 aliphatic heterocycles. The first-order chi connectivity index (χ1) is 11.3. The molecule has 5 nitrogen and oxygen atoms in total. The zero-order valence-electron chi connectivity index (χ0n) is 12.8. The molecule has 0 saturated carbocycles. The van der Waals surface area contributed by atoms with Gasteiger partial charge in [-0.15, -0.1) is 3.89 Å². The highest BCUT2D eigenvalue weighted by atomic mass is 35.5. The first kappa shape index (κ1) is 18.2. The first-order valence-electron chi connectivity index (χ1n) is 6.96. The van der Waals surface area contributed by atoms with E-state index < -0.39 is 10.2 Å². The van der Waals surface area contributed by atoms with Gasteiger partial charge in [-0.25, -0.2) is 0 Å². The van der Waals surface area contributed by atoms with Crippen molar-refractivity contribution in [2.75, 3.05) is 13.7 Å². The molecule has 24 heavy (non-hydrogen) atoms. The average Bonchev–Trinajstić information content (AvgIpc) is 2.54. The molecule has 0 saturated heterocycles. The van der Waals surface area contributed by atoms with E-state index in [2.05, 4.69) is 5.32 Å². The molecule has 1 N–H and O–H groups in total. The lowest BCUT2D eigenvalue weighted by Crippen LogP contribution is -2.26. The quantitative estimate of drug-likeness (QED) is 0.792. The summed E-state index contributed by atoms with van der Waals surface area (Å²) in [6.07, 6.45) is 0.460. The lowest BCUT2D eigenvalue weighted by atomic mass is 10.1. The van der Waals surface area contributed by atoms with Gasteiger partial charge in [0.15, 0.2) is 0 Å². The van der Waals surface area contributed by atoms with Crippen LogP contribution in [0.3, 0.4) is 0 Å². The fourth-order valence-corrected chi connectivity index (χ4v) is 2.73. The van der Waals surface area contributed by atoms with Crippen LogP contribution in [0.15, 0.2) is 47.4 Å². The molecule has 2 aromatic carbocycles. The molecule has 0 fully saturated rings. The highest BCUT2D eigenvalue weighted by Crippen LogP contribution is 2.22. The standard InChI is InChI=1S/C16H15ClFNO4S/c1-23-15-7-4-12(17)10-14(15)16(20)19-9-8-11-2-5-13(6-3-11)24(18,21)22/h2-7,10H,8-9H2,1H3,(H,19,20). The Morgan fingerprint density at radius 2 is 1.88 bits per heavy atom. The van der Waals surface area contributed by atoms with Gasteiger partial charge >= 0.3 is 10.2 Å². The van der Waals surface area contributed by atoms with Crippen molar-refractivity contribution in [3.63, 3.8) is 0 Å². The van der Waals surface area contributed by atoms with Crippen LogP contribution in [0.25, 0.3) is 0 Å². The highest BCUT2D eigenvalue weighted by Gasteiger charge is 2.13. The van der Waals surface area contributed by atoms with Crippen LogP contribution in [0.5, 0.6) is 5.75 Å². The minimum Gasteiger partial charge on any atom is -0.496 e. The number of ether oxygens (including phenoxy) is 1. The van der Waals surface area contributed by atoms with Gasteiger partial charge in [0.05, 0.1) is 17.6 Å². The Kier molecular flexibility index (Phi) is 5.80. The number of carbonyl (C=O) groups is 1. The minimum atomic E-state index is -4.70. The number of nitrogens with one attached hydrogen (secondary N) is 1. The number of hydrogen-bond donors (Lipinski definition) is 1. The van der Waals surface area contributed by atoms with Crippen molar-refractivity contribution >= 4 is 27.7 Å². The number of amides is 1. The molecule has 0 aliphatic rings. The van der Waals surface area contributed by atoms with E-state index in [4.69, 9.17) is 16.3 Å². The molecule has 128 valence electrons. The van der Waals surface area contributed by atoms with Gasteiger partial charge in [0.1, 0.15) is 5.75 Å². The van der Waals surface area contributed by atoms with Gasteiger partial charge in [0.2, 0.25) is 0 Å². The Morgan fingerprint density at radius 1 is 1.21 bits per heavy atom. The summed E-state index contributed by atoms with van der Waals surface area (Å²) in [5, 5.41) is 3.14. The minimum absolute atomic E-state index is 0.316. The predicted molar refractivity (Wildman–Crippen MR) is 88.8 cm³/mol. The van der Waals surface area contributed by atoms with Gasteiger partial charge in [-0.2, -0.15) is 8.42 Å². The Bertz CT molecular complexity index is 838. The van der Waals surface area contributed by atoms with Crippen molar-refractivity contribution in [2.24, 2.45) is 0 Å². The van der Waals surface area contributed by atoms with Crippen LogP contribution >= 0.6 is 11.6 Å². The second-order valence-electron chi connectivity index (χ2n) is 4.93. The summed E-state index contributed by atoms with van der Waals surface area (Å²) < 4.78 is 39.4. The smallest absolute Gasteiger partial charge is 0.332 e. The van der Waals surface area contributed by atoms with Crippen LogP contribution in [-0.4, -0.2) is 28.0 Å². The molecule has 1 amide bonds. The Labute approximate surface area is 144 Å². The molecule has 0 atom stereocenters. The van der Waals surface area contributed by atoms with Gasteiger partial charge in [-0.05, 0) is 42.3 Å². The Morgan fingerprint density at radius 3 is 2.46 bits per heavy atom. The van der Waals surface area contributed by atoms with E-state index in [-0.39, 0.29) is 10.8 Å². The van der Waals surface area contributed by atoms with Gasteiger partial charge in [-0.3, -0.25) is 4.79 Å². The largest absolute Gasteiger partial charge is 0.496 e. The van der Waals surface area contributed by atoms with E-state index in [1.165, 1.54) is 37.4 Å². The normalized spacial score (nSPS) is 11.1. The average molecular weight is 372 g/mol. The molecule has 0 radical (unpaired) electrons. The second kappa shape index (κ2) is 7.63. The van der Waals surface area contributed by atoms with Crippen molar-refractivity contribution < 1.29 is 21.8 Å². The third-order valence-electron chi connectivity index (χ3n) is 3.31. The summed E-state index contributed by atoms with van der Waals surface area (Å²) in [6, 6.07) is 10.1. The number of methoxy groups -OCH3 is 1. The topological polar surface area (TPSA) is 72.5 Å². The summed E-state index contributed by atoms with van der Waals surface area (Å²) in [7, 11) is -3.24. The number of hydrogen-bond acceptors (Lipinski definition) is 4. The van der Waals surface area contributed by atoms with Gasteiger partial charge in [-0.1, -0.05) is 23.7 Å². The predicted octanol–water partition coefficient (Wildman–Crippen LogP) is 2.98. The summed E-state index contributed by atoms with van der Waals surface area (Å²) in [6.45, 7) is 0.316. The van der Waals surface area contributed by atoms with E-state index >= 15 is 0 Å². The molecule has 0 aromatic heterocycles. The maximum absolute atomic E-state index is 12.8. The number of benzene rings is 2. The lowest BCUT2D eigenvalue weighted by Gasteiger charge is -2.10. The third kappa shape index (κ3) is 4.69. The third-order valence-corrected chi connectivity index (χ3v) is 4.38. The fraction of sp³-hybridized carbons (Fsp3) is 0.188. The van der Waals surface area contributed by atoms with E-state index in [0.717, 1.165) is 5.56 Å². The van der Waals surface area contributed by atoms with Crippen molar-refractivity contribution in [2.45, 2.75) is 11.3 Å². The summed E-state index contributed by atoms with van der Waals surface area (Å²) in [4.78, 5) is 11.8. The van der Waals surface area contributed by atoms with Gasteiger partial charge in [0.25, 0.3) is 5.91 Å². The number of carbonyl (C=O) groups excluding carboxylic acids is 1. The van der Waals surface area contributed by atoms with Gasteiger partial charge in [0, 0.05) is 11.6 Å². The van der Waals surface area contributed by atoms with Crippen LogP contribution in [-0.2, 0) is 16.6 Å². The van der Waals surface area contributed by atoms with Crippen molar-refractivity contribution in [1.29, 1.82) is 0 Å². The fourth-order valence-electron chi connectivity index (χ4n) is 2.09. The van der Waals surface area contributed by atoms with E-state index in [1.54, 1.807) is 12.1 Å². The van der Waals surface area contributed by atoms with Crippen LogP contribution in [0, 0.1) is 0 Å². The molecule has 0 unspecified atom stereocenters. The van der Waals surface area contributed by atoms with Crippen molar-refractivity contribution in [3.8, 4) is 5.75 Å². The first-order valence-corrected chi connectivity index (χ1v) is 8.73. The maximum atomic E-state index is 12.8. The summed E-state index contributed by atoms with van der Waals surface area (Å²) in [5.41, 5.74) is 1.09. The van der Waals surface area contributed by atoms with Crippen LogP contribution in [0.2, 0.25) is 5.02 Å². The number of rotatable bonds is 6. The molecule has 0 spiro atoms. The summed E-state index contributed by atoms with van der Waals surface area (Å²) >= 11 is 5.88. The Balaban J connectivity index is 1.97. The molecule has 2 rings (SSSR count). The van der Waals surface area contributed by atoms with E-state index in [9.17, 15) is 17.1 Å².